The molecule has 1 aromatic rings. The minimum atomic E-state index is -0.339. The van der Waals surface area contributed by atoms with Crippen molar-refractivity contribution in [1.82, 2.24) is 4.90 Å². The fourth-order valence-corrected chi connectivity index (χ4v) is 2.09. The number of methoxy groups -OCH3 is 2. The van der Waals surface area contributed by atoms with Gasteiger partial charge in [0, 0.05) is 20.0 Å². The van der Waals surface area contributed by atoms with Gasteiger partial charge in [-0.25, -0.2) is 0 Å². The highest BCUT2D eigenvalue weighted by atomic mass is 16.5. The molecule has 128 valence electrons. The van der Waals surface area contributed by atoms with Gasteiger partial charge in [-0.05, 0) is 31.0 Å². The van der Waals surface area contributed by atoms with Gasteiger partial charge in [0.05, 0.1) is 27.2 Å². The molecule has 0 aliphatic carbocycles. The predicted molar refractivity (Wildman–Crippen MR) is 86.8 cm³/mol. The van der Waals surface area contributed by atoms with E-state index in [4.69, 9.17) is 14.2 Å². The van der Waals surface area contributed by atoms with Crippen LogP contribution in [0.2, 0.25) is 0 Å². The zero-order valence-corrected chi connectivity index (χ0v) is 14.3. The lowest BCUT2D eigenvalue weighted by atomic mass is 10.1. The molecule has 0 aliphatic rings. The van der Waals surface area contributed by atoms with Gasteiger partial charge in [-0.3, -0.25) is 9.59 Å². The molecule has 0 aliphatic heterocycles. The van der Waals surface area contributed by atoms with Gasteiger partial charge < -0.3 is 19.1 Å². The lowest BCUT2D eigenvalue weighted by Crippen LogP contribution is -2.29. The maximum absolute atomic E-state index is 12.0. The Balaban J connectivity index is 2.47. The second-order valence-corrected chi connectivity index (χ2v) is 5.06. The molecule has 0 spiro atoms. The molecule has 6 nitrogen and oxygen atoms in total. The first kappa shape index (κ1) is 18.8. The summed E-state index contributed by atoms with van der Waals surface area (Å²) in [6.45, 7) is 2.65. The predicted octanol–water partition coefficient (Wildman–Crippen LogP) is 2.05. The Morgan fingerprint density at radius 1 is 1.09 bits per heavy atom. The molecule has 0 fully saturated rings. The van der Waals surface area contributed by atoms with E-state index in [1.807, 2.05) is 18.2 Å². The first-order valence-electron chi connectivity index (χ1n) is 7.62. The van der Waals surface area contributed by atoms with Crippen LogP contribution in [0.1, 0.15) is 25.3 Å². The fourth-order valence-electron chi connectivity index (χ4n) is 2.09. The minimum Gasteiger partial charge on any atom is -0.493 e. The molecule has 1 rings (SSSR count). The number of carbonyl (C=O) groups excluding carboxylic acids is 2. The molecule has 1 amide bonds. The molecule has 0 saturated carbocycles. The molecule has 1 aromatic carbocycles. The molecule has 0 unspecified atom stereocenters. The summed E-state index contributed by atoms with van der Waals surface area (Å²) in [6, 6.07) is 5.69. The largest absolute Gasteiger partial charge is 0.493 e. The summed E-state index contributed by atoms with van der Waals surface area (Å²) in [4.78, 5) is 24.9. The van der Waals surface area contributed by atoms with Crippen LogP contribution in [-0.4, -0.2) is 51.2 Å². The number of esters is 1. The number of benzene rings is 1. The van der Waals surface area contributed by atoms with E-state index < -0.39 is 0 Å². The Morgan fingerprint density at radius 2 is 1.78 bits per heavy atom. The summed E-state index contributed by atoms with van der Waals surface area (Å²) >= 11 is 0. The van der Waals surface area contributed by atoms with Crippen LogP contribution in [-0.2, 0) is 20.7 Å². The van der Waals surface area contributed by atoms with E-state index in [1.54, 1.807) is 33.1 Å². The van der Waals surface area contributed by atoms with Gasteiger partial charge in [-0.1, -0.05) is 6.07 Å². The van der Waals surface area contributed by atoms with Crippen molar-refractivity contribution in [3.8, 4) is 11.5 Å². The van der Waals surface area contributed by atoms with Crippen molar-refractivity contribution >= 4 is 11.9 Å². The van der Waals surface area contributed by atoms with E-state index in [2.05, 4.69) is 0 Å². The third kappa shape index (κ3) is 6.18. The van der Waals surface area contributed by atoms with Crippen LogP contribution in [0.15, 0.2) is 18.2 Å². The van der Waals surface area contributed by atoms with Crippen molar-refractivity contribution in [2.45, 2.75) is 26.2 Å². The third-order valence-electron chi connectivity index (χ3n) is 3.46. The van der Waals surface area contributed by atoms with Gasteiger partial charge in [0.2, 0.25) is 5.91 Å². The van der Waals surface area contributed by atoms with Crippen LogP contribution in [0.5, 0.6) is 11.5 Å². The maximum Gasteiger partial charge on any atom is 0.306 e. The molecule has 0 bridgehead atoms. The Labute approximate surface area is 137 Å². The standard InChI is InChI=1S/C17H25NO5/c1-5-23-17(20)9-8-16(19)18(2)11-10-13-6-7-14(21-3)15(12-13)22-4/h6-7,12H,5,8-11H2,1-4H3. The molecule has 6 heteroatoms. The molecule has 23 heavy (non-hydrogen) atoms. The summed E-state index contributed by atoms with van der Waals surface area (Å²) in [6.07, 6.45) is 0.983. The van der Waals surface area contributed by atoms with Gasteiger partial charge in [0.15, 0.2) is 11.5 Å². The number of hydrogen-bond acceptors (Lipinski definition) is 5. The van der Waals surface area contributed by atoms with E-state index in [0.29, 0.717) is 31.1 Å². The second-order valence-electron chi connectivity index (χ2n) is 5.06. The Hall–Kier alpha value is -2.24. The lowest BCUT2D eigenvalue weighted by Gasteiger charge is -2.17. The maximum atomic E-state index is 12.0. The summed E-state index contributed by atoms with van der Waals surface area (Å²) in [5.41, 5.74) is 1.05. The zero-order chi connectivity index (χ0) is 17.2. The van der Waals surface area contributed by atoms with E-state index in [9.17, 15) is 9.59 Å². The molecule has 0 radical (unpaired) electrons. The summed E-state index contributed by atoms with van der Waals surface area (Å²) in [5.74, 6) is 0.934. The number of carbonyl (C=O) groups is 2. The third-order valence-corrected chi connectivity index (χ3v) is 3.46. The summed E-state index contributed by atoms with van der Waals surface area (Å²) in [7, 11) is 4.91. The van der Waals surface area contributed by atoms with Crippen molar-refractivity contribution in [3.63, 3.8) is 0 Å². The highest BCUT2D eigenvalue weighted by Crippen LogP contribution is 2.27. The topological polar surface area (TPSA) is 65.1 Å². The summed E-state index contributed by atoms with van der Waals surface area (Å²) < 4.78 is 15.3. The monoisotopic (exact) mass is 323 g/mol. The fraction of sp³-hybridized carbons (Fsp3) is 0.529. The number of ether oxygens (including phenoxy) is 3. The van der Waals surface area contributed by atoms with Crippen molar-refractivity contribution in [2.75, 3.05) is 34.4 Å². The van der Waals surface area contributed by atoms with Crippen molar-refractivity contribution in [1.29, 1.82) is 0 Å². The Kier molecular flexibility index (Phi) is 7.94. The Morgan fingerprint density at radius 3 is 2.39 bits per heavy atom. The SMILES string of the molecule is CCOC(=O)CCC(=O)N(C)CCc1ccc(OC)c(OC)c1. The molecule has 0 aromatic heterocycles. The molecule has 0 saturated heterocycles. The normalized spacial score (nSPS) is 10.1. The molecule has 0 heterocycles. The van der Waals surface area contributed by atoms with Gasteiger partial charge >= 0.3 is 5.97 Å². The highest BCUT2D eigenvalue weighted by molar-refractivity contribution is 5.81. The van der Waals surface area contributed by atoms with Crippen molar-refractivity contribution < 1.29 is 23.8 Å². The number of likely N-dealkylation sites (N-methyl/N-ethyl adjacent to an activating group) is 1. The molecule has 0 N–H and O–H groups in total. The van der Waals surface area contributed by atoms with Crippen LogP contribution in [0.3, 0.4) is 0 Å². The second kappa shape index (κ2) is 9.71. The number of rotatable bonds is 9. The van der Waals surface area contributed by atoms with Crippen LogP contribution in [0.25, 0.3) is 0 Å². The molecule has 0 atom stereocenters. The average molecular weight is 323 g/mol. The number of nitrogens with zero attached hydrogens (tertiary/aromatic N) is 1. The van der Waals surface area contributed by atoms with E-state index in [-0.39, 0.29) is 24.7 Å². The van der Waals surface area contributed by atoms with E-state index in [0.717, 1.165) is 5.56 Å². The Bertz CT molecular complexity index is 530. The van der Waals surface area contributed by atoms with E-state index in [1.165, 1.54) is 0 Å². The number of amides is 1. The van der Waals surface area contributed by atoms with Crippen LogP contribution < -0.4 is 9.47 Å². The minimum absolute atomic E-state index is 0.0708. The van der Waals surface area contributed by atoms with Crippen LogP contribution >= 0.6 is 0 Å². The number of hydrogen-bond donors (Lipinski definition) is 0. The smallest absolute Gasteiger partial charge is 0.306 e. The van der Waals surface area contributed by atoms with Crippen molar-refractivity contribution in [3.05, 3.63) is 23.8 Å². The van der Waals surface area contributed by atoms with Gasteiger partial charge in [0.1, 0.15) is 0 Å². The lowest BCUT2D eigenvalue weighted by molar-refractivity contribution is -0.145. The highest BCUT2D eigenvalue weighted by Gasteiger charge is 2.12. The van der Waals surface area contributed by atoms with Crippen molar-refractivity contribution in [2.24, 2.45) is 0 Å². The van der Waals surface area contributed by atoms with Gasteiger partial charge in [-0.15, -0.1) is 0 Å². The molecular formula is C17H25NO5. The van der Waals surface area contributed by atoms with Crippen LogP contribution in [0.4, 0.5) is 0 Å². The molecular weight excluding hydrogens is 298 g/mol. The van der Waals surface area contributed by atoms with Crippen LogP contribution in [0, 0.1) is 0 Å². The first-order chi connectivity index (χ1) is 11.0. The first-order valence-corrected chi connectivity index (χ1v) is 7.62. The van der Waals surface area contributed by atoms with Gasteiger partial charge in [-0.2, -0.15) is 0 Å². The average Bonchev–Trinajstić information content (AvgIpc) is 2.57. The summed E-state index contributed by atoms with van der Waals surface area (Å²) in [5, 5.41) is 0. The van der Waals surface area contributed by atoms with Gasteiger partial charge in [0.25, 0.3) is 0 Å². The quantitative estimate of drug-likeness (QED) is 0.651. The zero-order valence-electron chi connectivity index (χ0n) is 14.3. The van der Waals surface area contributed by atoms with E-state index >= 15 is 0 Å².